The van der Waals surface area contributed by atoms with Gasteiger partial charge in [0.15, 0.2) is 16.8 Å². The summed E-state index contributed by atoms with van der Waals surface area (Å²) in [6.45, 7) is 2.51. The van der Waals surface area contributed by atoms with E-state index in [0.29, 0.717) is 34.4 Å². The molecule has 0 saturated carbocycles. The lowest BCUT2D eigenvalue weighted by Crippen LogP contribution is -2.05. The third-order valence-electron chi connectivity index (χ3n) is 3.89. The second-order valence-electron chi connectivity index (χ2n) is 5.47. The van der Waals surface area contributed by atoms with Crippen LogP contribution in [0.1, 0.15) is 17.3 Å². The number of rotatable bonds is 7. The van der Waals surface area contributed by atoms with E-state index in [1.807, 2.05) is 11.5 Å². The Morgan fingerprint density at radius 3 is 2.54 bits per heavy atom. The Morgan fingerprint density at radius 2 is 1.88 bits per heavy atom. The standard InChI is InChI=1S/C19H18FN3O2S/c1-3-23-18(15-6-4-5-7-16(15)20)21-22-19(23)26-12-17(24)13-8-10-14(25-2)11-9-13/h4-11H,3,12H2,1-2H3. The maximum Gasteiger partial charge on any atom is 0.191 e. The molecule has 0 spiro atoms. The first-order chi connectivity index (χ1) is 12.6. The number of hydrogen-bond acceptors (Lipinski definition) is 5. The molecule has 0 unspecified atom stereocenters. The van der Waals surface area contributed by atoms with Crippen LogP contribution in [0.15, 0.2) is 53.7 Å². The van der Waals surface area contributed by atoms with Gasteiger partial charge in [0.1, 0.15) is 11.6 Å². The largest absolute Gasteiger partial charge is 0.497 e. The number of ether oxygens (including phenoxy) is 1. The molecular weight excluding hydrogens is 353 g/mol. The zero-order chi connectivity index (χ0) is 18.5. The summed E-state index contributed by atoms with van der Waals surface area (Å²) in [5.74, 6) is 1.03. The number of ketones is 1. The Kier molecular flexibility index (Phi) is 5.68. The maximum atomic E-state index is 14.0. The first-order valence-electron chi connectivity index (χ1n) is 8.12. The highest BCUT2D eigenvalue weighted by Crippen LogP contribution is 2.26. The summed E-state index contributed by atoms with van der Waals surface area (Å²) < 4.78 is 20.9. The summed E-state index contributed by atoms with van der Waals surface area (Å²) in [6.07, 6.45) is 0. The zero-order valence-corrected chi connectivity index (χ0v) is 15.3. The lowest BCUT2D eigenvalue weighted by atomic mass is 10.1. The number of halogens is 1. The Balaban J connectivity index is 1.76. The van der Waals surface area contributed by atoms with Crippen LogP contribution < -0.4 is 4.74 Å². The van der Waals surface area contributed by atoms with E-state index in [1.54, 1.807) is 49.6 Å². The molecule has 7 heteroatoms. The van der Waals surface area contributed by atoms with Crippen LogP contribution in [0.2, 0.25) is 0 Å². The molecule has 1 heterocycles. The second kappa shape index (κ2) is 8.14. The topological polar surface area (TPSA) is 57.0 Å². The molecule has 3 aromatic rings. The Labute approximate surface area is 155 Å². The van der Waals surface area contributed by atoms with Crippen molar-refractivity contribution in [3.63, 3.8) is 0 Å². The summed E-state index contributed by atoms with van der Waals surface area (Å²) in [7, 11) is 1.58. The number of carbonyl (C=O) groups excluding carboxylic acids is 1. The summed E-state index contributed by atoms with van der Waals surface area (Å²) in [4.78, 5) is 12.4. The van der Waals surface area contributed by atoms with Gasteiger partial charge >= 0.3 is 0 Å². The van der Waals surface area contributed by atoms with Crippen LogP contribution in [0.5, 0.6) is 5.75 Å². The fraction of sp³-hybridized carbons (Fsp3) is 0.211. The molecule has 0 aliphatic heterocycles. The van der Waals surface area contributed by atoms with Gasteiger partial charge in [-0.25, -0.2) is 4.39 Å². The number of methoxy groups -OCH3 is 1. The van der Waals surface area contributed by atoms with Crippen LogP contribution in [-0.2, 0) is 6.54 Å². The monoisotopic (exact) mass is 371 g/mol. The number of benzene rings is 2. The summed E-state index contributed by atoms with van der Waals surface area (Å²) >= 11 is 1.29. The fourth-order valence-electron chi connectivity index (χ4n) is 2.51. The van der Waals surface area contributed by atoms with Crippen molar-refractivity contribution < 1.29 is 13.9 Å². The van der Waals surface area contributed by atoms with Crippen molar-refractivity contribution in [1.29, 1.82) is 0 Å². The summed E-state index contributed by atoms with van der Waals surface area (Å²) in [5.41, 5.74) is 1.00. The van der Waals surface area contributed by atoms with Gasteiger partial charge in [-0.1, -0.05) is 23.9 Å². The molecule has 134 valence electrons. The molecule has 0 aliphatic rings. The van der Waals surface area contributed by atoms with E-state index in [0.717, 1.165) is 0 Å². The number of aromatic nitrogens is 3. The van der Waals surface area contributed by atoms with Crippen molar-refractivity contribution in [2.45, 2.75) is 18.6 Å². The van der Waals surface area contributed by atoms with Crippen LogP contribution in [0.25, 0.3) is 11.4 Å². The second-order valence-corrected chi connectivity index (χ2v) is 6.41. The van der Waals surface area contributed by atoms with E-state index in [4.69, 9.17) is 4.74 Å². The van der Waals surface area contributed by atoms with Crippen molar-refractivity contribution in [1.82, 2.24) is 14.8 Å². The molecule has 3 rings (SSSR count). The molecule has 2 aromatic carbocycles. The van der Waals surface area contributed by atoms with Gasteiger partial charge in [0, 0.05) is 12.1 Å². The smallest absolute Gasteiger partial charge is 0.191 e. The first kappa shape index (κ1) is 18.1. The van der Waals surface area contributed by atoms with Crippen LogP contribution in [-0.4, -0.2) is 33.4 Å². The fourth-order valence-corrected chi connectivity index (χ4v) is 3.41. The molecule has 0 bridgehead atoms. The third kappa shape index (κ3) is 3.77. The van der Waals surface area contributed by atoms with Crippen LogP contribution >= 0.6 is 11.8 Å². The molecule has 0 radical (unpaired) electrons. The highest BCUT2D eigenvalue weighted by Gasteiger charge is 2.17. The SMILES string of the molecule is CCn1c(SCC(=O)c2ccc(OC)cc2)nnc1-c1ccccc1F. The average Bonchev–Trinajstić information content (AvgIpc) is 3.09. The highest BCUT2D eigenvalue weighted by molar-refractivity contribution is 7.99. The van der Waals surface area contributed by atoms with Gasteiger partial charge in [-0.3, -0.25) is 4.79 Å². The Hall–Kier alpha value is -2.67. The van der Waals surface area contributed by atoms with Gasteiger partial charge in [0.05, 0.1) is 18.4 Å². The summed E-state index contributed by atoms with van der Waals surface area (Å²) in [5, 5.41) is 8.84. The van der Waals surface area contributed by atoms with Crippen molar-refractivity contribution in [3.8, 4) is 17.1 Å². The van der Waals surface area contributed by atoms with Crippen molar-refractivity contribution in [3.05, 3.63) is 59.9 Å². The number of thioether (sulfide) groups is 1. The van der Waals surface area contributed by atoms with Crippen LogP contribution in [0.3, 0.4) is 0 Å². The van der Waals surface area contributed by atoms with Gasteiger partial charge in [-0.15, -0.1) is 10.2 Å². The lowest BCUT2D eigenvalue weighted by molar-refractivity contribution is 0.102. The van der Waals surface area contributed by atoms with Crippen LogP contribution in [0.4, 0.5) is 4.39 Å². The molecule has 0 aliphatic carbocycles. The minimum Gasteiger partial charge on any atom is -0.497 e. The number of carbonyl (C=O) groups is 1. The normalized spacial score (nSPS) is 10.7. The molecular formula is C19H18FN3O2S. The highest BCUT2D eigenvalue weighted by atomic mass is 32.2. The minimum absolute atomic E-state index is 0.0178. The van der Waals surface area contributed by atoms with E-state index >= 15 is 0 Å². The Morgan fingerprint density at radius 1 is 1.15 bits per heavy atom. The van der Waals surface area contributed by atoms with Gasteiger partial charge in [0.25, 0.3) is 0 Å². The maximum absolute atomic E-state index is 14.0. The van der Waals surface area contributed by atoms with E-state index in [1.165, 1.54) is 17.8 Å². The zero-order valence-electron chi connectivity index (χ0n) is 14.5. The van der Waals surface area contributed by atoms with E-state index < -0.39 is 0 Å². The Bertz CT molecular complexity index is 909. The molecule has 0 atom stereocenters. The predicted molar refractivity (Wildman–Crippen MR) is 99.1 cm³/mol. The van der Waals surface area contributed by atoms with Gasteiger partial charge in [-0.05, 0) is 43.3 Å². The van der Waals surface area contributed by atoms with Crippen molar-refractivity contribution in [2.24, 2.45) is 0 Å². The molecule has 5 nitrogen and oxygen atoms in total. The quantitative estimate of drug-likeness (QED) is 0.462. The third-order valence-corrected chi connectivity index (χ3v) is 4.86. The lowest BCUT2D eigenvalue weighted by Gasteiger charge is -2.08. The van der Waals surface area contributed by atoms with Gasteiger partial charge < -0.3 is 9.30 Å². The molecule has 0 amide bonds. The van der Waals surface area contributed by atoms with E-state index in [2.05, 4.69) is 10.2 Å². The van der Waals surface area contributed by atoms with Crippen molar-refractivity contribution >= 4 is 17.5 Å². The number of hydrogen-bond donors (Lipinski definition) is 0. The molecule has 26 heavy (non-hydrogen) atoms. The minimum atomic E-state index is -0.347. The van der Waals surface area contributed by atoms with Crippen LogP contribution in [0, 0.1) is 5.82 Å². The van der Waals surface area contributed by atoms with Crippen molar-refractivity contribution in [2.75, 3.05) is 12.9 Å². The predicted octanol–water partition coefficient (Wildman–Crippen LogP) is 4.09. The first-order valence-corrected chi connectivity index (χ1v) is 9.10. The summed E-state index contributed by atoms with van der Waals surface area (Å²) in [6, 6.07) is 13.4. The molecule has 0 saturated heterocycles. The van der Waals surface area contributed by atoms with Gasteiger partial charge in [0.2, 0.25) is 0 Å². The molecule has 1 aromatic heterocycles. The molecule has 0 N–H and O–H groups in total. The number of nitrogens with zero attached hydrogens (tertiary/aromatic N) is 3. The average molecular weight is 371 g/mol. The van der Waals surface area contributed by atoms with Gasteiger partial charge in [-0.2, -0.15) is 0 Å². The number of Topliss-reactive ketones (excluding diaryl/α,β-unsaturated/α-hetero) is 1. The van der Waals surface area contributed by atoms with E-state index in [9.17, 15) is 9.18 Å². The molecule has 0 fully saturated rings. The van der Waals surface area contributed by atoms with E-state index in [-0.39, 0.29) is 17.4 Å².